The van der Waals surface area contributed by atoms with Gasteiger partial charge in [0.1, 0.15) is 12.7 Å². The summed E-state index contributed by atoms with van der Waals surface area (Å²) in [6.45, 7) is 2.28. The molecule has 3 rings (SSSR count). The Bertz CT molecular complexity index is 671. The van der Waals surface area contributed by atoms with Crippen LogP contribution in [0.5, 0.6) is 0 Å². The van der Waals surface area contributed by atoms with Gasteiger partial charge in [-0.15, -0.1) is 0 Å². The highest BCUT2D eigenvalue weighted by Crippen LogP contribution is 2.23. The summed E-state index contributed by atoms with van der Waals surface area (Å²) in [4.78, 5) is 15.8. The Morgan fingerprint density at radius 3 is 3.08 bits per heavy atom. The predicted octanol–water partition coefficient (Wildman–Crippen LogP) is 2.86. The number of amides is 2. The number of halogens is 1. The van der Waals surface area contributed by atoms with Crippen LogP contribution in [0, 0.1) is 5.92 Å². The summed E-state index contributed by atoms with van der Waals surface area (Å²) < 4.78 is 7.00. The number of carbonyl (C=O) groups excluding carboxylic acids is 1. The van der Waals surface area contributed by atoms with Crippen LogP contribution in [0.3, 0.4) is 0 Å². The molecule has 1 aliphatic rings. The van der Waals surface area contributed by atoms with Gasteiger partial charge in [0.15, 0.2) is 0 Å². The number of hydrogen-bond donors (Lipinski definition) is 2. The number of rotatable bonds is 5. The molecule has 0 unspecified atom stereocenters. The third kappa shape index (κ3) is 4.46. The van der Waals surface area contributed by atoms with E-state index in [1.165, 1.54) is 12.7 Å². The fraction of sp³-hybridized carbons (Fsp3) is 0.438. The fourth-order valence-electron chi connectivity index (χ4n) is 2.70. The van der Waals surface area contributed by atoms with Crippen LogP contribution < -0.4 is 10.6 Å². The molecule has 128 valence electrons. The second-order valence-corrected chi connectivity index (χ2v) is 6.17. The summed E-state index contributed by atoms with van der Waals surface area (Å²) in [7, 11) is 0. The number of ether oxygens (including phenoxy) is 1. The van der Waals surface area contributed by atoms with Gasteiger partial charge in [0, 0.05) is 25.4 Å². The van der Waals surface area contributed by atoms with Crippen molar-refractivity contribution >= 4 is 23.3 Å². The van der Waals surface area contributed by atoms with Gasteiger partial charge in [-0.3, -0.25) is 0 Å². The Morgan fingerprint density at radius 2 is 2.38 bits per heavy atom. The number of nitrogens with zero attached hydrogens (tertiary/aromatic N) is 3. The molecule has 2 heterocycles. The van der Waals surface area contributed by atoms with Crippen LogP contribution in [0.1, 0.15) is 19.3 Å². The minimum absolute atomic E-state index is 0.240. The first-order valence-corrected chi connectivity index (χ1v) is 8.37. The van der Waals surface area contributed by atoms with Crippen molar-refractivity contribution in [1.29, 1.82) is 0 Å². The van der Waals surface area contributed by atoms with Crippen molar-refractivity contribution in [2.24, 2.45) is 5.92 Å². The third-order valence-electron chi connectivity index (χ3n) is 3.96. The molecule has 0 spiro atoms. The average molecular weight is 350 g/mol. The molecule has 8 heteroatoms. The Balaban J connectivity index is 1.48. The normalized spacial score (nSPS) is 17.5. The van der Waals surface area contributed by atoms with Crippen LogP contribution in [0.2, 0.25) is 5.02 Å². The maximum absolute atomic E-state index is 12.0. The van der Waals surface area contributed by atoms with E-state index in [1.54, 1.807) is 29.2 Å². The highest BCUT2D eigenvalue weighted by atomic mass is 35.5. The molecule has 1 fully saturated rings. The van der Waals surface area contributed by atoms with Crippen LogP contribution in [0.25, 0.3) is 5.69 Å². The second kappa shape index (κ2) is 8.12. The summed E-state index contributed by atoms with van der Waals surface area (Å²) in [5, 5.41) is 10.2. The molecule has 0 saturated carbocycles. The first-order chi connectivity index (χ1) is 11.7. The molecule has 0 bridgehead atoms. The van der Waals surface area contributed by atoms with E-state index in [9.17, 15) is 4.79 Å². The molecule has 24 heavy (non-hydrogen) atoms. The third-order valence-corrected chi connectivity index (χ3v) is 4.27. The molecule has 2 aromatic rings. The minimum atomic E-state index is -0.240. The van der Waals surface area contributed by atoms with Gasteiger partial charge in [-0.2, -0.15) is 5.10 Å². The van der Waals surface area contributed by atoms with E-state index in [4.69, 9.17) is 16.3 Å². The second-order valence-electron chi connectivity index (χ2n) is 5.76. The summed E-state index contributed by atoms with van der Waals surface area (Å²) >= 11 is 6.24. The van der Waals surface area contributed by atoms with Gasteiger partial charge in [-0.05, 0) is 43.4 Å². The van der Waals surface area contributed by atoms with Crippen molar-refractivity contribution in [3.8, 4) is 5.69 Å². The maximum Gasteiger partial charge on any atom is 0.319 e. The van der Waals surface area contributed by atoms with Gasteiger partial charge in [-0.1, -0.05) is 11.6 Å². The number of hydrogen-bond acceptors (Lipinski definition) is 4. The number of urea groups is 1. The lowest BCUT2D eigenvalue weighted by Crippen LogP contribution is -2.31. The lowest BCUT2D eigenvalue weighted by Gasteiger charge is -2.21. The first kappa shape index (κ1) is 16.7. The summed E-state index contributed by atoms with van der Waals surface area (Å²) in [5.41, 5.74) is 1.33. The molecular formula is C16H20ClN5O2. The molecular weight excluding hydrogens is 330 g/mol. The van der Waals surface area contributed by atoms with Crippen molar-refractivity contribution in [3.05, 3.63) is 35.9 Å². The van der Waals surface area contributed by atoms with Crippen molar-refractivity contribution in [1.82, 2.24) is 20.1 Å². The van der Waals surface area contributed by atoms with E-state index in [-0.39, 0.29) is 6.03 Å². The summed E-state index contributed by atoms with van der Waals surface area (Å²) in [6, 6.07) is 5.01. The zero-order valence-corrected chi connectivity index (χ0v) is 14.0. The van der Waals surface area contributed by atoms with E-state index in [0.29, 0.717) is 28.9 Å². The van der Waals surface area contributed by atoms with Gasteiger partial charge in [0.05, 0.1) is 10.7 Å². The van der Waals surface area contributed by atoms with Crippen LogP contribution in [-0.2, 0) is 4.74 Å². The van der Waals surface area contributed by atoms with Gasteiger partial charge < -0.3 is 15.4 Å². The maximum atomic E-state index is 12.0. The SMILES string of the molecule is O=C(NCC[C@H]1CCCOC1)Nc1ccc(-n2cncn2)c(Cl)c1. The summed E-state index contributed by atoms with van der Waals surface area (Å²) in [5.74, 6) is 0.537. The molecule has 1 aromatic carbocycles. The molecule has 0 aliphatic carbocycles. The molecule has 2 N–H and O–H groups in total. The van der Waals surface area contributed by atoms with Crippen molar-refractivity contribution < 1.29 is 9.53 Å². The highest BCUT2D eigenvalue weighted by molar-refractivity contribution is 6.32. The quantitative estimate of drug-likeness (QED) is 0.869. The monoisotopic (exact) mass is 349 g/mol. The largest absolute Gasteiger partial charge is 0.381 e. The Morgan fingerprint density at radius 1 is 1.46 bits per heavy atom. The van der Waals surface area contributed by atoms with Gasteiger partial charge >= 0.3 is 6.03 Å². The summed E-state index contributed by atoms with van der Waals surface area (Å²) in [6.07, 6.45) is 6.21. The van der Waals surface area contributed by atoms with Crippen molar-refractivity contribution in [3.63, 3.8) is 0 Å². The molecule has 1 saturated heterocycles. The van der Waals surface area contributed by atoms with Crippen molar-refractivity contribution in [2.45, 2.75) is 19.3 Å². The van der Waals surface area contributed by atoms with Gasteiger partial charge in [0.25, 0.3) is 0 Å². The average Bonchev–Trinajstić information content (AvgIpc) is 3.10. The standard InChI is InChI=1S/C16H20ClN5O2/c17-14-8-13(3-4-15(14)22-11-18-10-20-22)21-16(23)19-6-5-12-2-1-7-24-9-12/h3-4,8,10-12H,1-2,5-7,9H2,(H2,19,21,23)/t12-/m1/s1. The molecule has 7 nitrogen and oxygen atoms in total. The molecule has 0 radical (unpaired) electrons. The van der Waals surface area contributed by atoms with Crippen LogP contribution in [0.4, 0.5) is 10.5 Å². The lowest BCUT2D eigenvalue weighted by atomic mass is 9.99. The van der Waals surface area contributed by atoms with E-state index in [0.717, 1.165) is 26.1 Å². The minimum Gasteiger partial charge on any atom is -0.381 e. The molecule has 1 aliphatic heterocycles. The molecule has 1 aromatic heterocycles. The molecule has 2 amide bonds. The predicted molar refractivity (Wildman–Crippen MR) is 91.6 cm³/mol. The van der Waals surface area contributed by atoms with Crippen molar-refractivity contribution in [2.75, 3.05) is 25.1 Å². The van der Waals surface area contributed by atoms with Gasteiger partial charge in [0.2, 0.25) is 0 Å². The number of aromatic nitrogens is 3. The van der Waals surface area contributed by atoms with E-state index in [1.807, 2.05) is 0 Å². The van der Waals surface area contributed by atoms with Crippen LogP contribution in [-0.4, -0.2) is 40.6 Å². The Labute approximate surface area is 145 Å². The van der Waals surface area contributed by atoms with Crippen LogP contribution >= 0.6 is 11.6 Å². The van der Waals surface area contributed by atoms with Gasteiger partial charge in [-0.25, -0.2) is 14.5 Å². The van der Waals surface area contributed by atoms with E-state index < -0.39 is 0 Å². The van der Waals surface area contributed by atoms with E-state index in [2.05, 4.69) is 20.7 Å². The number of anilines is 1. The Hall–Kier alpha value is -2.12. The first-order valence-electron chi connectivity index (χ1n) is 7.99. The smallest absolute Gasteiger partial charge is 0.319 e. The topological polar surface area (TPSA) is 81.1 Å². The number of benzene rings is 1. The molecule has 1 atom stereocenters. The highest BCUT2D eigenvalue weighted by Gasteiger charge is 2.14. The number of nitrogens with one attached hydrogen (secondary N) is 2. The lowest BCUT2D eigenvalue weighted by molar-refractivity contribution is 0.0520. The zero-order valence-electron chi connectivity index (χ0n) is 13.2. The van der Waals surface area contributed by atoms with E-state index >= 15 is 0 Å². The Kier molecular flexibility index (Phi) is 5.66. The van der Waals surface area contributed by atoms with Crippen LogP contribution in [0.15, 0.2) is 30.9 Å². The fourth-order valence-corrected chi connectivity index (χ4v) is 2.97. The number of carbonyl (C=O) groups is 1. The zero-order chi connectivity index (χ0) is 16.8.